The maximum absolute atomic E-state index is 12.7. The van der Waals surface area contributed by atoms with Gasteiger partial charge >= 0.3 is 5.97 Å². The Balaban J connectivity index is 1.91. The van der Waals surface area contributed by atoms with Crippen molar-refractivity contribution in [1.29, 1.82) is 0 Å². The molecule has 1 aliphatic heterocycles. The minimum absolute atomic E-state index is 0.0841. The fourth-order valence-corrected chi connectivity index (χ4v) is 4.30. The second-order valence-corrected chi connectivity index (χ2v) is 6.93. The Morgan fingerprint density at radius 3 is 2.61 bits per heavy atom. The summed E-state index contributed by atoms with van der Waals surface area (Å²) < 4.78 is 6.91. The number of ether oxygens (including phenoxy) is 1. The topological polar surface area (TPSA) is 46.6 Å². The first-order valence-corrected chi connectivity index (χ1v) is 10.4. The normalized spacial score (nSPS) is 12.9. The predicted octanol–water partition coefficient (Wildman–Crippen LogP) is 4.06. The van der Waals surface area contributed by atoms with E-state index in [2.05, 4.69) is 25.5 Å². The molecule has 0 aliphatic carbocycles. The van der Waals surface area contributed by atoms with Crippen LogP contribution in [0.3, 0.4) is 0 Å². The van der Waals surface area contributed by atoms with E-state index in [-0.39, 0.29) is 5.78 Å². The number of anilines is 1. The first-order valence-electron chi connectivity index (χ1n) is 7.06. The van der Waals surface area contributed by atoms with E-state index in [1.54, 1.807) is 33.4 Å². The molecule has 4 nitrogen and oxygen atoms in total. The lowest BCUT2D eigenvalue weighted by molar-refractivity contribution is 0.0600. The summed E-state index contributed by atoms with van der Waals surface area (Å²) >= 11 is 2.26. The highest BCUT2D eigenvalue weighted by Gasteiger charge is 2.21. The van der Waals surface area contributed by atoms with Crippen molar-refractivity contribution >= 4 is 47.8 Å². The van der Waals surface area contributed by atoms with Crippen molar-refractivity contribution in [3.05, 3.63) is 64.7 Å². The second-order valence-electron chi connectivity index (χ2n) is 5.17. The minimum Gasteiger partial charge on any atom is -0.465 e. The quantitative estimate of drug-likeness (QED) is 0.311. The fourth-order valence-electron chi connectivity index (χ4n) is 2.66. The van der Waals surface area contributed by atoms with Crippen LogP contribution in [-0.4, -0.2) is 25.4 Å². The van der Waals surface area contributed by atoms with Gasteiger partial charge in [0.05, 0.1) is 18.4 Å². The number of hydrogen-bond acceptors (Lipinski definition) is 5. The Kier molecular flexibility index (Phi) is 4.91. The Morgan fingerprint density at radius 1 is 1.13 bits per heavy atom. The van der Waals surface area contributed by atoms with Gasteiger partial charge in [-0.05, 0) is 42.3 Å². The number of halogens is 1. The molecule has 3 rings (SSSR count). The lowest BCUT2D eigenvalue weighted by atomic mass is 9.99. The van der Waals surface area contributed by atoms with Crippen molar-refractivity contribution in [1.82, 2.24) is 0 Å². The molecule has 2 aromatic rings. The zero-order chi connectivity index (χ0) is 16.4. The van der Waals surface area contributed by atoms with Gasteiger partial charge in [0.15, 0.2) is 5.78 Å². The molecule has 0 N–H and O–H groups in total. The van der Waals surface area contributed by atoms with E-state index in [0.29, 0.717) is 16.7 Å². The van der Waals surface area contributed by atoms with Crippen molar-refractivity contribution in [2.45, 2.75) is 6.42 Å². The molecule has 0 spiro atoms. The van der Waals surface area contributed by atoms with Crippen molar-refractivity contribution < 1.29 is 14.3 Å². The zero-order valence-electron chi connectivity index (χ0n) is 12.4. The summed E-state index contributed by atoms with van der Waals surface area (Å²) in [4.78, 5) is 24.3. The SMILES string of the molecule is COC(=O)c1cccc(C(=O)c2ccc3c(c2)CCN3SI)c1. The molecule has 1 heterocycles. The monoisotopic (exact) mass is 439 g/mol. The van der Waals surface area contributed by atoms with Gasteiger partial charge in [0.1, 0.15) is 0 Å². The van der Waals surface area contributed by atoms with Gasteiger partial charge in [-0.1, -0.05) is 12.1 Å². The summed E-state index contributed by atoms with van der Waals surface area (Å²) in [6, 6.07) is 12.4. The highest BCUT2D eigenvalue weighted by Crippen LogP contribution is 2.36. The number of esters is 1. The standard InChI is InChI=1S/C17H14INO3S/c1-22-17(21)14-4-2-3-12(10-14)16(20)13-5-6-15-11(9-13)7-8-19(15)23-18/h2-6,9-10H,7-8H2,1H3. The lowest BCUT2D eigenvalue weighted by Gasteiger charge is -2.13. The third-order valence-corrected chi connectivity index (χ3v) is 5.80. The summed E-state index contributed by atoms with van der Waals surface area (Å²) in [6.07, 6.45) is 0.939. The van der Waals surface area contributed by atoms with Gasteiger partial charge in [0, 0.05) is 48.0 Å². The van der Waals surface area contributed by atoms with Crippen molar-refractivity contribution in [3.63, 3.8) is 0 Å². The molecular formula is C17H14INO3S. The largest absolute Gasteiger partial charge is 0.465 e. The minimum atomic E-state index is -0.441. The summed E-state index contributed by atoms with van der Waals surface area (Å²) in [5, 5.41) is 0. The maximum atomic E-state index is 12.7. The number of rotatable bonds is 4. The molecule has 0 saturated carbocycles. The molecule has 23 heavy (non-hydrogen) atoms. The average Bonchev–Trinajstić information content (AvgIpc) is 3.02. The van der Waals surface area contributed by atoms with E-state index in [1.807, 2.05) is 18.2 Å². The van der Waals surface area contributed by atoms with E-state index >= 15 is 0 Å². The van der Waals surface area contributed by atoms with Gasteiger partial charge in [-0.2, -0.15) is 0 Å². The number of methoxy groups -OCH3 is 1. The summed E-state index contributed by atoms with van der Waals surface area (Å²) in [7, 11) is 2.99. The van der Waals surface area contributed by atoms with Gasteiger partial charge in [-0.3, -0.25) is 4.79 Å². The highest BCUT2D eigenvalue weighted by molar-refractivity contribution is 14.2. The van der Waals surface area contributed by atoms with Crippen molar-refractivity contribution in [3.8, 4) is 0 Å². The zero-order valence-corrected chi connectivity index (χ0v) is 15.4. The summed E-state index contributed by atoms with van der Waals surface area (Å²) in [5.41, 5.74) is 3.87. The Morgan fingerprint density at radius 2 is 1.87 bits per heavy atom. The summed E-state index contributed by atoms with van der Waals surface area (Å²) in [5.74, 6) is -0.526. The average molecular weight is 439 g/mol. The number of nitrogens with zero attached hydrogens (tertiary/aromatic N) is 1. The number of carbonyl (C=O) groups is 2. The van der Waals surface area contributed by atoms with Gasteiger partial charge in [-0.15, -0.1) is 0 Å². The fraction of sp³-hybridized carbons (Fsp3) is 0.176. The molecule has 0 radical (unpaired) electrons. The highest BCUT2D eigenvalue weighted by atomic mass is 127. The van der Waals surface area contributed by atoms with Crippen LogP contribution in [-0.2, 0) is 11.2 Å². The van der Waals surface area contributed by atoms with Crippen LogP contribution >= 0.6 is 30.3 Å². The van der Waals surface area contributed by atoms with Crippen LogP contribution in [0.25, 0.3) is 0 Å². The Bertz CT molecular complexity index is 778. The maximum Gasteiger partial charge on any atom is 0.337 e. The molecule has 0 atom stereocenters. The number of benzene rings is 2. The molecule has 1 aliphatic rings. The molecule has 118 valence electrons. The van der Waals surface area contributed by atoms with Crippen LogP contribution in [0.2, 0.25) is 0 Å². The van der Waals surface area contributed by atoms with Crippen molar-refractivity contribution in [2.24, 2.45) is 0 Å². The summed E-state index contributed by atoms with van der Waals surface area (Å²) in [6.45, 7) is 0.957. The molecule has 0 saturated heterocycles. The van der Waals surface area contributed by atoms with Crippen LogP contribution in [0.1, 0.15) is 31.8 Å². The Hall–Kier alpha value is -1.54. The van der Waals surface area contributed by atoms with Crippen LogP contribution in [0.15, 0.2) is 42.5 Å². The van der Waals surface area contributed by atoms with E-state index in [1.165, 1.54) is 18.4 Å². The van der Waals surface area contributed by atoms with Crippen molar-refractivity contribution in [2.75, 3.05) is 18.0 Å². The molecule has 2 aromatic carbocycles. The molecule has 0 amide bonds. The second kappa shape index (κ2) is 6.92. The molecular weight excluding hydrogens is 425 g/mol. The van der Waals surface area contributed by atoms with Crippen LogP contribution in [0, 0.1) is 0 Å². The first-order chi connectivity index (χ1) is 11.1. The predicted molar refractivity (Wildman–Crippen MR) is 100 cm³/mol. The number of fused-ring (bicyclic) bond motifs is 1. The van der Waals surface area contributed by atoms with E-state index in [4.69, 9.17) is 4.74 Å². The third-order valence-electron chi connectivity index (χ3n) is 3.82. The van der Waals surface area contributed by atoms with E-state index < -0.39 is 5.97 Å². The number of ketones is 1. The first kappa shape index (κ1) is 16.3. The van der Waals surface area contributed by atoms with Crippen LogP contribution < -0.4 is 4.31 Å². The van der Waals surface area contributed by atoms with Gasteiger partial charge in [0.25, 0.3) is 0 Å². The molecule has 6 heteroatoms. The van der Waals surface area contributed by atoms with Gasteiger partial charge < -0.3 is 9.04 Å². The number of hydrogen-bond donors (Lipinski definition) is 0. The molecule has 0 aromatic heterocycles. The van der Waals surface area contributed by atoms with Crippen LogP contribution in [0.4, 0.5) is 5.69 Å². The van der Waals surface area contributed by atoms with E-state index in [9.17, 15) is 9.59 Å². The molecule has 0 fully saturated rings. The molecule has 0 unspecified atom stereocenters. The smallest absolute Gasteiger partial charge is 0.337 e. The lowest BCUT2D eigenvalue weighted by Crippen LogP contribution is -2.07. The van der Waals surface area contributed by atoms with Gasteiger partial charge in [0.2, 0.25) is 0 Å². The van der Waals surface area contributed by atoms with Crippen LogP contribution in [0.5, 0.6) is 0 Å². The molecule has 0 bridgehead atoms. The van der Waals surface area contributed by atoms with Gasteiger partial charge in [-0.25, -0.2) is 4.79 Å². The third kappa shape index (κ3) is 3.23. The Labute approximate surface area is 150 Å². The number of carbonyl (C=O) groups excluding carboxylic acids is 2. The van der Waals surface area contributed by atoms with E-state index in [0.717, 1.165) is 13.0 Å².